The lowest BCUT2D eigenvalue weighted by atomic mass is 9.93. The van der Waals surface area contributed by atoms with E-state index >= 15 is 0 Å². The molecule has 0 aliphatic rings. The van der Waals surface area contributed by atoms with Crippen LogP contribution in [0.1, 0.15) is 34.0 Å². The second-order valence-corrected chi connectivity index (χ2v) is 7.77. The molecule has 0 aliphatic heterocycles. The molecule has 2 N–H and O–H groups in total. The third-order valence-corrected chi connectivity index (χ3v) is 5.72. The Hall–Kier alpha value is -4.44. The van der Waals surface area contributed by atoms with Crippen LogP contribution in [0, 0.1) is 18.3 Å². The molecule has 0 saturated heterocycles. The summed E-state index contributed by atoms with van der Waals surface area (Å²) < 4.78 is 5.50. The van der Waals surface area contributed by atoms with E-state index in [4.69, 9.17) is 4.74 Å². The lowest BCUT2D eigenvalue weighted by Gasteiger charge is -2.13. The van der Waals surface area contributed by atoms with Gasteiger partial charge < -0.3 is 15.2 Å². The summed E-state index contributed by atoms with van der Waals surface area (Å²) in [7, 11) is 0. The third kappa shape index (κ3) is 4.66. The Balaban J connectivity index is 1.53. The molecule has 0 atom stereocenters. The van der Waals surface area contributed by atoms with Crippen LogP contribution in [-0.2, 0) is 6.42 Å². The Bertz CT molecular complexity index is 1410. The van der Waals surface area contributed by atoms with Crippen molar-refractivity contribution in [3.8, 4) is 23.1 Å². The van der Waals surface area contributed by atoms with Crippen LogP contribution in [0.15, 0.2) is 60.9 Å². The SMILES string of the molecule is CCOc1cc(-c2cc(NCCc3c(C#N)cc4ccccc4c3C)ncn2)ccc1C(=O)O. The molecule has 1 heterocycles. The smallest absolute Gasteiger partial charge is 0.339 e. The van der Waals surface area contributed by atoms with E-state index in [0.29, 0.717) is 42.4 Å². The van der Waals surface area contributed by atoms with Crippen LogP contribution >= 0.6 is 0 Å². The number of aryl methyl sites for hydroxylation is 1. The summed E-state index contributed by atoms with van der Waals surface area (Å²) in [4.78, 5) is 20.1. The predicted molar refractivity (Wildman–Crippen MR) is 131 cm³/mol. The van der Waals surface area contributed by atoms with Crippen LogP contribution in [0.2, 0.25) is 0 Å². The Morgan fingerprint density at radius 3 is 2.74 bits per heavy atom. The van der Waals surface area contributed by atoms with Gasteiger partial charge in [0.05, 0.1) is 23.9 Å². The second kappa shape index (κ2) is 10.0. The number of carbonyl (C=O) groups is 1. The van der Waals surface area contributed by atoms with E-state index in [1.54, 1.807) is 19.1 Å². The number of fused-ring (bicyclic) bond motifs is 1. The van der Waals surface area contributed by atoms with Gasteiger partial charge in [0.15, 0.2) is 0 Å². The predicted octanol–water partition coefficient (Wildman–Crippen LogP) is 5.23. The van der Waals surface area contributed by atoms with Crippen molar-refractivity contribution in [3.63, 3.8) is 0 Å². The monoisotopic (exact) mass is 452 g/mol. The Morgan fingerprint density at radius 2 is 1.97 bits per heavy atom. The summed E-state index contributed by atoms with van der Waals surface area (Å²) in [6.07, 6.45) is 2.13. The number of carboxylic acid groups (broad SMARTS) is 1. The maximum absolute atomic E-state index is 11.4. The fraction of sp³-hybridized carbons (Fsp3) is 0.185. The summed E-state index contributed by atoms with van der Waals surface area (Å²) in [5.41, 5.74) is 4.31. The van der Waals surface area contributed by atoms with Crippen molar-refractivity contribution in [1.82, 2.24) is 9.97 Å². The van der Waals surface area contributed by atoms with E-state index in [-0.39, 0.29) is 5.56 Å². The number of nitrogens with one attached hydrogen (secondary N) is 1. The van der Waals surface area contributed by atoms with Crippen molar-refractivity contribution in [2.45, 2.75) is 20.3 Å². The molecule has 170 valence electrons. The molecule has 0 aliphatic carbocycles. The first-order valence-electron chi connectivity index (χ1n) is 11.0. The number of anilines is 1. The van der Waals surface area contributed by atoms with Gasteiger partial charge >= 0.3 is 5.97 Å². The van der Waals surface area contributed by atoms with Crippen molar-refractivity contribution >= 4 is 22.6 Å². The van der Waals surface area contributed by atoms with E-state index in [0.717, 1.165) is 27.5 Å². The summed E-state index contributed by atoms with van der Waals surface area (Å²) in [5.74, 6) is -0.0978. The summed E-state index contributed by atoms with van der Waals surface area (Å²) >= 11 is 0. The van der Waals surface area contributed by atoms with Gasteiger partial charge in [-0.1, -0.05) is 30.3 Å². The van der Waals surface area contributed by atoms with Crippen molar-refractivity contribution in [2.75, 3.05) is 18.5 Å². The summed E-state index contributed by atoms with van der Waals surface area (Å²) in [5, 5.41) is 24.6. The molecule has 4 aromatic rings. The lowest BCUT2D eigenvalue weighted by Crippen LogP contribution is -2.09. The van der Waals surface area contributed by atoms with Crippen molar-refractivity contribution < 1.29 is 14.6 Å². The van der Waals surface area contributed by atoms with Gasteiger partial charge in [0.2, 0.25) is 0 Å². The van der Waals surface area contributed by atoms with Crippen LogP contribution < -0.4 is 10.1 Å². The number of nitrogens with zero attached hydrogens (tertiary/aromatic N) is 3. The third-order valence-electron chi connectivity index (χ3n) is 5.72. The van der Waals surface area contributed by atoms with Gasteiger partial charge in [-0.3, -0.25) is 0 Å². The molecule has 7 heteroatoms. The number of aromatic nitrogens is 2. The molecule has 0 amide bonds. The molecule has 0 spiro atoms. The van der Waals surface area contributed by atoms with E-state index in [2.05, 4.69) is 34.3 Å². The van der Waals surface area contributed by atoms with E-state index in [1.807, 2.05) is 30.3 Å². The zero-order valence-corrected chi connectivity index (χ0v) is 19.0. The number of aromatic carboxylic acids is 1. The topological polar surface area (TPSA) is 108 Å². The number of benzene rings is 3. The summed E-state index contributed by atoms with van der Waals surface area (Å²) in [6, 6.07) is 19.1. The average Bonchev–Trinajstić information content (AvgIpc) is 2.85. The van der Waals surface area contributed by atoms with Crippen molar-refractivity contribution in [2.24, 2.45) is 0 Å². The maximum Gasteiger partial charge on any atom is 0.339 e. The molecule has 0 radical (unpaired) electrons. The highest BCUT2D eigenvalue weighted by atomic mass is 16.5. The van der Waals surface area contributed by atoms with E-state index < -0.39 is 5.97 Å². The molecule has 34 heavy (non-hydrogen) atoms. The average molecular weight is 453 g/mol. The van der Waals surface area contributed by atoms with Gasteiger partial charge in [0, 0.05) is 18.2 Å². The Morgan fingerprint density at radius 1 is 1.15 bits per heavy atom. The van der Waals surface area contributed by atoms with Crippen LogP contribution in [0.5, 0.6) is 5.75 Å². The van der Waals surface area contributed by atoms with Crippen LogP contribution in [0.3, 0.4) is 0 Å². The first-order chi connectivity index (χ1) is 16.5. The standard InChI is InChI=1S/C27H24N4O3/c1-3-34-25-13-19(8-9-23(25)27(32)33)24-14-26(31-16-30-24)29-11-10-22-17(2)21-7-5-4-6-18(21)12-20(22)15-28/h4-9,12-14,16H,3,10-11H2,1-2H3,(H,32,33)(H,29,30,31). The highest BCUT2D eigenvalue weighted by Crippen LogP contribution is 2.28. The minimum Gasteiger partial charge on any atom is -0.493 e. The normalized spacial score (nSPS) is 10.6. The molecular formula is C27H24N4O3. The van der Waals surface area contributed by atoms with Crippen molar-refractivity contribution in [1.29, 1.82) is 5.26 Å². The number of ether oxygens (including phenoxy) is 1. The molecule has 1 aromatic heterocycles. The van der Waals surface area contributed by atoms with Crippen LogP contribution in [0.4, 0.5) is 5.82 Å². The van der Waals surface area contributed by atoms with Gasteiger partial charge in [-0.25, -0.2) is 14.8 Å². The highest BCUT2D eigenvalue weighted by molar-refractivity contribution is 5.92. The number of hydrogen-bond donors (Lipinski definition) is 2. The highest BCUT2D eigenvalue weighted by Gasteiger charge is 2.14. The maximum atomic E-state index is 11.4. The minimum absolute atomic E-state index is 0.108. The zero-order valence-electron chi connectivity index (χ0n) is 19.0. The lowest BCUT2D eigenvalue weighted by molar-refractivity contribution is 0.0692. The Labute approximate surface area is 197 Å². The second-order valence-electron chi connectivity index (χ2n) is 7.77. The zero-order chi connectivity index (χ0) is 24.1. The van der Waals surface area contributed by atoms with E-state index in [9.17, 15) is 15.2 Å². The number of nitriles is 1. The molecule has 0 saturated carbocycles. The number of hydrogen-bond acceptors (Lipinski definition) is 6. The quantitative estimate of drug-likeness (QED) is 0.377. The van der Waals surface area contributed by atoms with E-state index in [1.165, 1.54) is 12.4 Å². The molecule has 4 rings (SSSR count). The van der Waals surface area contributed by atoms with Gasteiger partial charge in [-0.15, -0.1) is 0 Å². The number of carboxylic acids is 1. The molecule has 0 unspecified atom stereocenters. The Kier molecular flexibility index (Phi) is 6.69. The fourth-order valence-corrected chi connectivity index (χ4v) is 4.05. The van der Waals surface area contributed by atoms with Gasteiger partial charge in [-0.05, 0) is 60.4 Å². The largest absolute Gasteiger partial charge is 0.493 e. The first-order valence-corrected chi connectivity index (χ1v) is 11.0. The van der Waals surface area contributed by atoms with Crippen LogP contribution in [-0.4, -0.2) is 34.2 Å². The minimum atomic E-state index is -1.04. The molecule has 3 aromatic carbocycles. The van der Waals surface area contributed by atoms with Gasteiger partial charge in [-0.2, -0.15) is 5.26 Å². The summed E-state index contributed by atoms with van der Waals surface area (Å²) in [6.45, 7) is 4.81. The molecule has 7 nitrogen and oxygen atoms in total. The molecule has 0 fully saturated rings. The van der Waals surface area contributed by atoms with Crippen LogP contribution in [0.25, 0.3) is 22.0 Å². The van der Waals surface area contributed by atoms with Crippen molar-refractivity contribution in [3.05, 3.63) is 83.2 Å². The van der Waals surface area contributed by atoms with Gasteiger partial charge in [0.1, 0.15) is 23.5 Å². The molecular weight excluding hydrogens is 428 g/mol. The molecule has 0 bridgehead atoms. The first kappa shape index (κ1) is 22.7. The number of rotatable bonds is 8. The fourth-order valence-electron chi connectivity index (χ4n) is 4.05. The van der Waals surface area contributed by atoms with Gasteiger partial charge in [0.25, 0.3) is 0 Å².